The fourth-order valence-electron chi connectivity index (χ4n) is 2.63. The minimum Gasteiger partial charge on any atom is -0.465 e. The molecular weight excluding hydrogens is 432 g/mol. The Morgan fingerprint density at radius 3 is 2.25 bits per heavy atom. The molecule has 8 heteroatoms. The van der Waals surface area contributed by atoms with Gasteiger partial charge in [-0.2, -0.15) is 0 Å². The van der Waals surface area contributed by atoms with Crippen molar-refractivity contribution in [3.8, 4) is 0 Å². The zero-order valence-corrected chi connectivity index (χ0v) is 20.6. The van der Waals surface area contributed by atoms with Gasteiger partial charge in [-0.25, -0.2) is 19.6 Å². The second-order valence-electron chi connectivity index (χ2n) is 8.54. The van der Waals surface area contributed by atoms with E-state index in [4.69, 9.17) is 14.2 Å². The Bertz CT molecular complexity index is 751. The quantitative estimate of drug-likeness (QED) is 0.179. The molecule has 0 fully saturated rings. The van der Waals surface area contributed by atoms with Crippen LogP contribution in [0.4, 0.5) is 4.79 Å². The van der Waals surface area contributed by atoms with Gasteiger partial charge in [0.25, 0.3) is 0 Å². The lowest BCUT2D eigenvalue weighted by Crippen LogP contribution is -2.22. The number of allylic oxidation sites excluding steroid dienone is 1. The first-order valence-electron chi connectivity index (χ1n) is 10.5. The number of esters is 2. The Morgan fingerprint density at radius 1 is 1.03 bits per heavy atom. The SMILES string of the molecule is C=CCCC(Cc1ccc(C(=O)OCOC(=O)OC(C)C)cc1)C(=O)OCCS(C)(C)C. The highest BCUT2D eigenvalue weighted by molar-refractivity contribution is 8.32. The summed E-state index contributed by atoms with van der Waals surface area (Å²) in [5, 5.41) is 0. The maximum atomic E-state index is 12.6. The third-order valence-corrected chi connectivity index (χ3v) is 5.75. The van der Waals surface area contributed by atoms with Crippen molar-refractivity contribution in [1.29, 1.82) is 0 Å². The van der Waals surface area contributed by atoms with Gasteiger partial charge in [-0.15, -0.1) is 6.58 Å². The molecule has 0 saturated carbocycles. The summed E-state index contributed by atoms with van der Waals surface area (Å²) < 4.78 is 19.9. The molecule has 0 aliphatic rings. The molecule has 1 unspecified atom stereocenters. The molecule has 1 aromatic carbocycles. The molecule has 0 saturated heterocycles. The van der Waals surface area contributed by atoms with Gasteiger partial charge < -0.3 is 18.9 Å². The van der Waals surface area contributed by atoms with E-state index in [1.54, 1.807) is 44.2 Å². The van der Waals surface area contributed by atoms with E-state index in [0.717, 1.165) is 11.3 Å². The van der Waals surface area contributed by atoms with Crippen LogP contribution in [0.25, 0.3) is 0 Å². The van der Waals surface area contributed by atoms with E-state index in [1.165, 1.54) is 0 Å². The van der Waals surface area contributed by atoms with Crippen LogP contribution in [-0.2, 0) is 30.2 Å². The summed E-state index contributed by atoms with van der Waals surface area (Å²) in [5.74, 6) is -0.227. The minimum absolute atomic E-state index is 0.204. The lowest BCUT2D eigenvalue weighted by Gasteiger charge is -2.25. The number of rotatable bonds is 13. The van der Waals surface area contributed by atoms with Gasteiger partial charge in [0.2, 0.25) is 6.79 Å². The molecule has 0 radical (unpaired) electrons. The molecule has 0 N–H and O–H groups in total. The van der Waals surface area contributed by atoms with Gasteiger partial charge in [-0.05, 0) is 69.6 Å². The van der Waals surface area contributed by atoms with Crippen molar-refractivity contribution >= 4 is 28.1 Å². The van der Waals surface area contributed by atoms with Crippen LogP contribution in [0.5, 0.6) is 0 Å². The molecule has 1 aromatic rings. The Kier molecular flexibility index (Phi) is 11.9. The smallest absolute Gasteiger partial charge is 0.465 e. The highest BCUT2D eigenvalue weighted by Crippen LogP contribution is 2.33. The van der Waals surface area contributed by atoms with Crippen LogP contribution in [0.15, 0.2) is 36.9 Å². The van der Waals surface area contributed by atoms with Crippen molar-refractivity contribution in [1.82, 2.24) is 0 Å². The Hall–Kier alpha value is -2.48. The molecule has 32 heavy (non-hydrogen) atoms. The summed E-state index contributed by atoms with van der Waals surface area (Å²) in [5.41, 5.74) is 1.22. The average Bonchev–Trinajstić information content (AvgIpc) is 2.69. The number of carbonyl (C=O) groups excluding carboxylic acids is 3. The van der Waals surface area contributed by atoms with Crippen molar-refractivity contribution in [3.63, 3.8) is 0 Å². The van der Waals surface area contributed by atoms with Crippen molar-refractivity contribution < 1.29 is 33.3 Å². The van der Waals surface area contributed by atoms with Gasteiger partial charge in [0.15, 0.2) is 0 Å². The number of hydrogen-bond acceptors (Lipinski definition) is 7. The second kappa shape index (κ2) is 13.8. The lowest BCUT2D eigenvalue weighted by atomic mass is 9.94. The van der Waals surface area contributed by atoms with Gasteiger partial charge in [-0.1, -0.05) is 18.2 Å². The standard InChI is InChI=1S/C24H36O7S/c1-7-8-9-21(23(26)28-14-15-32(4,5)6)16-19-10-12-20(13-11-19)22(25)29-17-30-24(27)31-18(2)3/h7,10-13,18,21H,1,8-9,14-17H2,2-6H3. The Balaban J connectivity index is 2.61. The molecular formula is C24H36O7S. The van der Waals surface area contributed by atoms with Crippen LogP contribution < -0.4 is 0 Å². The maximum absolute atomic E-state index is 12.6. The fraction of sp³-hybridized carbons (Fsp3) is 0.542. The first-order valence-corrected chi connectivity index (χ1v) is 13.6. The molecule has 1 atom stereocenters. The zero-order valence-electron chi connectivity index (χ0n) is 19.8. The predicted molar refractivity (Wildman–Crippen MR) is 127 cm³/mol. The maximum Gasteiger partial charge on any atom is 0.511 e. The van der Waals surface area contributed by atoms with Gasteiger partial charge in [0, 0.05) is 5.75 Å². The van der Waals surface area contributed by atoms with Gasteiger partial charge in [0.1, 0.15) is 0 Å². The van der Waals surface area contributed by atoms with Crippen molar-refractivity contribution in [2.24, 2.45) is 5.92 Å². The van der Waals surface area contributed by atoms with Crippen LogP contribution in [0.1, 0.15) is 42.6 Å². The molecule has 0 aliphatic carbocycles. The molecule has 180 valence electrons. The van der Waals surface area contributed by atoms with Crippen molar-refractivity contribution in [3.05, 3.63) is 48.0 Å². The molecule has 0 heterocycles. The van der Waals surface area contributed by atoms with Crippen LogP contribution in [-0.4, -0.2) is 62.1 Å². The first-order chi connectivity index (χ1) is 15.0. The van der Waals surface area contributed by atoms with E-state index in [-0.39, 0.29) is 18.0 Å². The Labute approximate surface area is 192 Å². The number of hydrogen-bond donors (Lipinski definition) is 0. The summed E-state index contributed by atoms with van der Waals surface area (Å²) in [7, 11) is -0.723. The molecule has 1 rings (SSSR count). The first kappa shape index (κ1) is 27.6. The largest absolute Gasteiger partial charge is 0.511 e. The van der Waals surface area contributed by atoms with E-state index in [1.807, 2.05) is 0 Å². The van der Waals surface area contributed by atoms with E-state index in [0.29, 0.717) is 31.4 Å². The molecule has 0 spiro atoms. The highest BCUT2D eigenvalue weighted by atomic mass is 32.3. The Morgan fingerprint density at radius 2 is 1.69 bits per heavy atom. The fourth-order valence-corrected chi connectivity index (χ4v) is 3.22. The van der Waals surface area contributed by atoms with Crippen molar-refractivity contribution in [2.75, 3.05) is 37.9 Å². The number of benzene rings is 1. The third kappa shape index (κ3) is 11.8. The normalized spacial score (nSPS) is 12.6. The van der Waals surface area contributed by atoms with Gasteiger partial charge >= 0.3 is 18.1 Å². The van der Waals surface area contributed by atoms with Gasteiger partial charge in [-0.3, -0.25) is 4.79 Å². The second-order valence-corrected chi connectivity index (χ2v) is 13.1. The van der Waals surface area contributed by atoms with Gasteiger partial charge in [0.05, 0.1) is 24.2 Å². The predicted octanol–water partition coefficient (Wildman–Crippen LogP) is 4.72. The summed E-state index contributed by atoms with van der Waals surface area (Å²) in [6.07, 6.45) is 9.00. The van der Waals surface area contributed by atoms with E-state index in [9.17, 15) is 14.4 Å². The summed E-state index contributed by atoms with van der Waals surface area (Å²) in [4.78, 5) is 36.0. The monoisotopic (exact) mass is 468 g/mol. The topological polar surface area (TPSA) is 88.1 Å². The zero-order chi connectivity index (χ0) is 24.1. The molecule has 0 amide bonds. The molecule has 0 aliphatic heterocycles. The molecule has 7 nitrogen and oxygen atoms in total. The third-order valence-electron chi connectivity index (χ3n) is 4.36. The van der Waals surface area contributed by atoms with Crippen LogP contribution >= 0.6 is 10.0 Å². The summed E-state index contributed by atoms with van der Waals surface area (Å²) in [6, 6.07) is 6.78. The number of carbonyl (C=O) groups is 3. The van der Waals surface area contributed by atoms with Crippen LogP contribution in [0.3, 0.4) is 0 Å². The van der Waals surface area contributed by atoms with E-state index in [2.05, 4.69) is 30.1 Å². The van der Waals surface area contributed by atoms with E-state index < -0.39 is 28.9 Å². The summed E-state index contributed by atoms with van der Waals surface area (Å²) >= 11 is 0. The molecule has 0 aromatic heterocycles. The average molecular weight is 469 g/mol. The summed E-state index contributed by atoms with van der Waals surface area (Å²) in [6.45, 7) is 7.00. The van der Waals surface area contributed by atoms with Crippen molar-refractivity contribution in [2.45, 2.75) is 39.2 Å². The van der Waals surface area contributed by atoms with Crippen LogP contribution in [0, 0.1) is 5.92 Å². The molecule has 0 bridgehead atoms. The lowest BCUT2D eigenvalue weighted by molar-refractivity contribution is -0.148. The van der Waals surface area contributed by atoms with Crippen LogP contribution in [0.2, 0.25) is 0 Å². The van der Waals surface area contributed by atoms with E-state index >= 15 is 0 Å². The highest BCUT2D eigenvalue weighted by Gasteiger charge is 2.21. The number of ether oxygens (including phenoxy) is 4. The minimum atomic E-state index is -0.899.